The number of carbonyl (C=O) groups is 2. The topological polar surface area (TPSA) is 92.8 Å². The molecule has 0 bridgehead atoms. The Bertz CT molecular complexity index is 831. The molecule has 2 aliphatic rings. The number of aryl methyl sites for hydroxylation is 1. The van der Waals surface area contributed by atoms with Gasteiger partial charge in [-0.3, -0.25) is 4.79 Å². The Balaban J connectivity index is 1.90. The van der Waals surface area contributed by atoms with E-state index in [0.717, 1.165) is 48.8 Å². The summed E-state index contributed by atoms with van der Waals surface area (Å²) in [6, 6.07) is -0.725. The summed E-state index contributed by atoms with van der Waals surface area (Å²) in [4.78, 5) is 26.5. The largest absolute Gasteiger partial charge is 0.462 e. The number of thiophene rings is 1. The quantitative estimate of drug-likeness (QED) is 0.590. The van der Waals surface area contributed by atoms with Crippen LogP contribution >= 0.6 is 11.3 Å². The van der Waals surface area contributed by atoms with Gasteiger partial charge < -0.3 is 10.1 Å². The van der Waals surface area contributed by atoms with E-state index in [2.05, 4.69) is 5.32 Å². The van der Waals surface area contributed by atoms with Crippen LogP contribution in [0.2, 0.25) is 0 Å². The van der Waals surface area contributed by atoms with Crippen molar-refractivity contribution in [1.29, 1.82) is 0 Å². The standard InChI is InChI=1S/C18H26N2O5S2/c1-3-25-18(22)15-12-8-5-4-6-10-14(12)26-17(15)19-16(21)13-9-7-11-20(13)27(2,23)24/h13H,3-11H2,1-2H3,(H,19,21). The van der Waals surface area contributed by atoms with Crippen LogP contribution in [0.3, 0.4) is 0 Å². The Morgan fingerprint density at radius 3 is 2.67 bits per heavy atom. The Morgan fingerprint density at radius 1 is 1.22 bits per heavy atom. The first-order valence-electron chi connectivity index (χ1n) is 9.42. The Kier molecular flexibility index (Phi) is 6.22. The molecule has 1 aliphatic carbocycles. The SMILES string of the molecule is CCOC(=O)c1c(NC(=O)C2CCCN2S(C)(=O)=O)sc2c1CCCCC2. The Morgan fingerprint density at radius 2 is 1.96 bits per heavy atom. The van der Waals surface area contributed by atoms with Crippen LogP contribution in [-0.2, 0) is 32.4 Å². The average molecular weight is 415 g/mol. The highest BCUT2D eigenvalue weighted by atomic mass is 32.2. The predicted octanol–water partition coefficient (Wildman–Crippen LogP) is 2.56. The van der Waals surface area contributed by atoms with Crippen molar-refractivity contribution in [1.82, 2.24) is 4.31 Å². The van der Waals surface area contributed by atoms with Gasteiger partial charge >= 0.3 is 5.97 Å². The first-order valence-corrected chi connectivity index (χ1v) is 12.1. The minimum absolute atomic E-state index is 0.265. The van der Waals surface area contributed by atoms with Crippen molar-refractivity contribution in [3.63, 3.8) is 0 Å². The van der Waals surface area contributed by atoms with Crippen LogP contribution in [0.15, 0.2) is 0 Å². The summed E-state index contributed by atoms with van der Waals surface area (Å²) in [6.45, 7) is 2.37. The zero-order valence-corrected chi connectivity index (χ0v) is 17.4. The van der Waals surface area contributed by atoms with Crippen LogP contribution in [-0.4, -0.2) is 50.0 Å². The molecule has 1 aromatic heterocycles. The summed E-state index contributed by atoms with van der Waals surface area (Å²) >= 11 is 1.42. The van der Waals surface area contributed by atoms with E-state index in [1.54, 1.807) is 6.92 Å². The number of ether oxygens (including phenoxy) is 1. The van der Waals surface area contributed by atoms with Crippen LogP contribution in [0.25, 0.3) is 0 Å². The number of fused-ring (bicyclic) bond motifs is 1. The molecule has 1 amide bonds. The fourth-order valence-corrected chi connectivity index (χ4v) is 6.25. The summed E-state index contributed by atoms with van der Waals surface area (Å²) in [5.74, 6) is -0.793. The summed E-state index contributed by atoms with van der Waals surface area (Å²) in [7, 11) is -3.45. The summed E-state index contributed by atoms with van der Waals surface area (Å²) in [5.41, 5.74) is 1.44. The molecule has 1 aromatic rings. The van der Waals surface area contributed by atoms with Gasteiger partial charge in [0.15, 0.2) is 0 Å². The number of nitrogens with one attached hydrogen (secondary N) is 1. The third-order valence-corrected chi connectivity index (χ3v) is 7.57. The molecule has 2 heterocycles. The number of hydrogen-bond donors (Lipinski definition) is 1. The molecule has 1 unspecified atom stereocenters. The third-order valence-electron chi connectivity index (χ3n) is 5.07. The van der Waals surface area contributed by atoms with E-state index in [1.165, 1.54) is 15.6 Å². The maximum Gasteiger partial charge on any atom is 0.341 e. The number of anilines is 1. The van der Waals surface area contributed by atoms with Gasteiger partial charge in [-0.25, -0.2) is 13.2 Å². The molecule has 7 nitrogen and oxygen atoms in total. The molecule has 3 rings (SSSR count). The fourth-order valence-electron chi connectivity index (χ4n) is 3.84. The molecule has 150 valence electrons. The lowest BCUT2D eigenvalue weighted by atomic mass is 10.1. The summed E-state index contributed by atoms with van der Waals surface area (Å²) < 4.78 is 30.3. The van der Waals surface area contributed by atoms with E-state index in [-0.39, 0.29) is 12.5 Å². The molecule has 0 spiro atoms. The number of nitrogens with zero attached hydrogens (tertiary/aromatic N) is 1. The number of rotatable bonds is 5. The number of carbonyl (C=O) groups excluding carboxylic acids is 2. The first kappa shape index (κ1) is 20.3. The maximum atomic E-state index is 12.8. The van der Waals surface area contributed by atoms with Crippen LogP contribution in [0, 0.1) is 0 Å². The van der Waals surface area contributed by atoms with Gasteiger partial charge in [0.2, 0.25) is 15.9 Å². The van der Waals surface area contributed by atoms with E-state index in [1.807, 2.05) is 0 Å². The Hall–Kier alpha value is -1.45. The van der Waals surface area contributed by atoms with Crippen LogP contribution < -0.4 is 5.32 Å². The van der Waals surface area contributed by atoms with E-state index in [0.29, 0.717) is 30.0 Å². The first-order chi connectivity index (χ1) is 12.8. The molecule has 1 atom stereocenters. The van der Waals surface area contributed by atoms with Crippen molar-refractivity contribution in [3.8, 4) is 0 Å². The minimum Gasteiger partial charge on any atom is -0.462 e. The summed E-state index contributed by atoms with van der Waals surface area (Å²) in [6.07, 6.45) is 7.14. The van der Waals surface area contributed by atoms with E-state index in [4.69, 9.17) is 4.74 Å². The van der Waals surface area contributed by atoms with Gasteiger partial charge in [0.1, 0.15) is 11.0 Å². The fraction of sp³-hybridized carbons (Fsp3) is 0.667. The lowest BCUT2D eigenvalue weighted by molar-refractivity contribution is -0.119. The van der Waals surface area contributed by atoms with Gasteiger partial charge in [-0.2, -0.15) is 4.31 Å². The number of esters is 1. The molecule has 1 saturated heterocycles. The maximum absolute atomic E-state index is 12.8. The van der Waals surface area contributed by atoms with Gasteiger partial charge in [0, 0.05) is 11.4 Å². The van der Waals surface area contributed by atoms with Crippen LogP contribution in [0.1, 0.15) is 59.8 Å². The highest BCUT2D eigenvalue weighted by Gasteiger charge is 2.37. The van der Waals surface area contributed by atoms with Gasteiger partial charge in [0.05, 0.1) is 18.4 Å². The molecule has 1 N–H and O–H groups in total. The smallest absolute Gasteiger partial charge is 0.341 e. The van der Waals surface area contributed by atoms with Crippen molar-refractivity contribution < 1.29 is 22.7 Å². The van der Waals surface area contributed by atoms with Crippen molar-refractivity contribution >= 4 is 38.2 Å². The van der Waals surface area contributed by atoms with Gasteiger partial charge in [-0.05, 0) is 51.0 Å². The monoisotopic (exact) mass is 414 g/mol. The van der Waals surface area contributed by atoms with Crippen molar-refractivity contribution in [3.05, 3.63) is 16.0 Å². The zero-order chi connectivity index (χ0) is 19.6. The highest BCUT2D eigenvalue weighted by Crippen LogP contribution is 2.38. The molecule has 0 aromatic carbocycles. The highest BCUT2D eigenvalue weighted by molar-refractivity contribution is 7.88. The van der Waals surface area contributed by atoms with E-state index >= 15 is 0 Å². The molecule has 0 saturated carbocycles. The van der Waals surface area contributed by atoms with Gasteiger partial charge in [0.25, 0.3) is 0 Å². The second-order valence-corrected chi connectivity index (χ2v) is 10.1. The van der Waals surface area contributed by atoms with Crippen molar-refractivity contribution in [2.24, 2.45) is 0 Å². The van der Waals surface area contributed by atoms with Gasteiger partial charge in [-0.1, -0.05) is 6.42 Å². The molecule has 27 heavy (non-hydrogen) atoms. The normalized spacial score (nSPS) is 20.7. The van der Waals surface area contributed by atoms with E-state index in [9.17, 15) is 18.0 Å². The van der Waals surface area contributed by atoms with Gasteiger partial charge in [-0.15, -0.1) is 11.3 Å². The Labute approximate surface area is 164 Å². The molecular weight excluding hydrogens is 388 g/mol. The zero-order valence-electron chi connectivity index (χ0n) is 15.7. The van der Waals surface area contributed by atoms with E-state index < -0.39 is 22.0 Å². The average Bonchev–Trinajstić information content (AvgIpc) is 3.15. The second kappa shape index (κ2) is 8.28. The predicted molar refractivity (Wildman–Crippen MR) is 105 cm³/mol. The second-order valence-electron chi connectivity index (χ2n) is 7.01. The molecule has 1 fully saturated rings. The molecule has 0 radical (unpaired) electrons. The molecule has 1 aliphatic heterocycles. The summed E-state index contributed by atoms with van der Waals surface area (Å²) in [5, 5.41) is 3.34. The third kappa shape index (κ3) is 4.35. The van der Waals surface area contributed by atoms with Crippen molar-refractivity contribution in [2.45, 2.75) is 57.9 Å². The van der Waals surface area contributed by atoms with Crippen LogP contribution in [0.4, 0.5) is 5.00 Å². The molecule has 9 heteroatoms. The van der Waals surface area contributed by atoms with Crippen molar-refractivity contribution in [2.75, 3.05) is 24.7 Å². The number of amides is 1. The molecular formula is C18H26N2O5S2. The minimum atomic E-state index is -3.45. The number of hydrogen-bond acceptors (Lipinski definition) is 6. The van der Waals surface area contributed by atoms with Crippen LogP contribution in [0.5, 0.6) is 0 Å². The lowest BCUT2D eigenvalue weighted by Crippen LogP contribution is -2.42. The lowest BCUT2D eigenvalue weighted by Gasteiger charge is -2.21. The number of sulfonamides is 1.